The number of pyridine rings is 1. The normalized spacial score (nSPS) is 19.5. The summed E-state index contributed by atoms with van der Waals surface area (Å²) >= 11 is 0. The first-order valence-electron chi connectivity index (χ1n) is 6.58. The van der Waals surface area contributed by atoms with Crippen LogP contribution in [-0.2, 0) is 11.3 Å². The van der Waals surface area contributed by atoms with Crippen LogP contribution >= 0.6 is 0 Å². The maximum atomic E-state index is 5.78. The van der Waals surface area contributed by atoms with Gasteiger partial charge in [-0.25, -0.2) is 4.98 Å². The van der Waals surface area contributed by atoms with Crippen molar-refractivity contribution < 1.29 is 4.74 Å². The van der Waals surface area contributed by atoms with Crippen LogP contribution in [-0.4, -0.2) is 34.2 Å². The summed E-state index contributed by atoms with van der Waals surface area (Å²) in [7, 11) is 0. The molecule has 0 aromatic carbocycles. The first-order chi connectivity index (χ1) is 9.33. The molecule has 1 unspecified atom stereocenters. The third-order valence-corrected chi connectivity index (χ3v) is 3.28. The Labute approximate surface area is 112 Å². The molecule has 1 fully saturated rings. The molecule has 2 aromatic rings. The zero-order valence-electron chi connectivity index (χ0n) is 11.0. The van der Waals surface area contributed by atoms with Crippen molar-refractivity contribution in [3.63, 3.8) is 0 Å². The van der Waals surface area contributed by atoms with E-state index in [0.717, 1.165) is 43.3 Å². The standard InChI is InChI=1S/C14H18N4O/c1-11-3-2-4-12(17-11)9-18-10-16-7-13(18)14-8-15-5-6-19-14/h2-4,7,10,14-15H,5-6,8-9H2,1H3. The molecule has 0 bridgehead atoms. The number of imidazole rings is 1. The van der Waals surface area contributed by atoms with Gasteiger partial charge in [0.25, 0.3) is 0 Å². The van der Waals surface area contributed by atoms with E-state index < -0.39 is 0 Å². The molecule has 0 saturated carbocycles. The van der Waals surface area contributed by atoms with Crippen molar-refractivity contribution in [1.82, 2.24) is 19.9 Å². The molecule has 1 saturated heterocycles. The molecule has 2 aromatic heterocycles. The Morgan fingerprint density at radius 1 is 1.47 bits per heavy atom. The number of aryl methyl sites for hydroxylation is 1. The lowest BCUT2D eigenvalue weighted by atomic mass is 10.2. The number of aromatic nitrogens is 3. The largest absolute Gasteiger partial charge is 0.369 e. The number of hydrogen-bond donors (Lipinski definition) is 1. The Balaban J connectivity index is 1.80. The van der Waals surface area contributed by atoms with Gasteiger partial charge < -0.3 is 14.6 Å². The molecule has 1 aliphatic rings. The van der Waals surface area contributed by atoms with Gasteiger partial charge in [-0.05, 0) is 19.1 Å². The highest BCUT2D eigenvalue weighted by Crippen LogP contribution is 2.19. The summed E-state index contributed by atoms with van der Waals surface area (Å²) in [4.78, 5) is 8.77. The van der Waals surface area contributed by atoms with Gasteiger partial charge >= 0.3 is 0 Å². The first-order valence-corrected chi connectivity index (χ1v) is 6.58. The Morgan fingerprint density at radius 2 is 2.42 bits per heavy atom. The second kappa shape index (κ2) is 5.50. The maximum absolute atomic E-state index is 5.78. The highest BCUT2D eigenvalue weighted by Gasteiger charge is 2.19. The van der Waals surface area contributed by atoms with Crippen LogP contribution in [0.15, 0.2) is 30.7 Å². The van der Waals surface area contributed by atoms with Crippen molar-refractivity contribution in [3.8, 4) is 0 Å². The fourth-order valence-corrected chi connectivity index (χ4v) is 2.35. The van der Waals surface area contributed by atoms with Crippen molar-refractivity contribution in [1.29, 1.82) is 0 Å². The van der Waals surface area contributed by atoms with Crippen LogP contribution in [0, 0.1) is 6.92 Å². The quantitative estimate of drug-likeness (QED) is 0.901. The number of nitrogens with zero attached hydrogens (tertiary/aromatic N) is 3. The summed E-state index contributed by atoms with van der Waals surface area (Å²) in [5.74, 6) is 0. The summed E-state index contributed by atoms with van der Waals surface area (Å²) in [5.41, 5.74) is 3.19. The Morgan fingerprint density at radius 3 is 3.21 bits per heavy atom. The van der Waals surface area contributed by atoms with Gasteiger partial charge in [-0.1, -0.05) is 6.07 Å². The van der Waals surface area contributed by atoms with Crippen LogP contribution in [0.25, 0.3) is 0 Å². The molecule has 0 amide bonds. The zero-order valence-corrected chi connectivity index (χ0v) is 11.0. The van der Waals surface area contributed by atoms with Gasteiger partial charge in [0, 0.05) is 18.8 Å². The Hall–Kier alpha value is -1.72. The van der Waals surface area contributed by atoms with E-state index in [4.69, 9.17) is 4.74 Å². The Bertz CT molecular complexity index is 546. The summed E-state index contributed by atoms with van der Waals surface area (Å²) in [6, 6.07) is 6.08. The summed E-state index contributed by atoms with van der Waals surface area (Å²) in [5, 5.41) is 3.34. The van der Waals surface area contributed by atoms with Crippen molar-refractivity contribution in [3.05, 3.63) is 47.8 Å². The monoisotopic (exact) mass is 258 g/mol. The number of nitrogens with one attached hydrogen (secondary N) is 1. The number of morpholine rings is 1. The van der Waals surface area contributed by atoms with E-state index in [1.54, 1.807) is 0 Å². The molecule has 0 spiro atoms. The third kappa shape index (κ3) is 2.83. The topological polar surface area (TPSA) is 52.0 Å². The van der Waals surface area contributed by atoms with Crippen LogP contribution in [0.3, 0.4) is 0 Å². The van der Waals surface area contributed by atoms with Crippen LogP contribution in [0.2, 0.25) is 0 Å². The molecule has 1 aliphatic heterocycles. The summed E-state index contributed by atoms with van der Waals surface area (Å²) < 4.78 is 7.89. The molecular weight excluding hydrogens is 240 g/mol. The second-order valence-corrected chi connectivity index (χ2v) is 4.78. The average molecular weight is 258 g/mol. The van der Waals surface area contributed by atoms with Crippen LogP contribution in [0.1, 0.15) is 23.2 Å². The fraction of sp³-hybridized carbons (Fsp3) is 0.429. The molecule has 3 rings (SSSR count). The van der Waals surface area contributed by atoms with Gasteiger partial charge in [0.2, 0.25) is 0 Å². The molecule has 5 nitrogen and oxygen atoms in total. The van der Waals surface area contributed by atoms with Gasteiger partial charge in [0.1, 0.15) is 6.10 Å². The van der Waals surface area contributed by atoms with Crippen LogP contribution < -0.4 is 5.32 Å². The minimum Gasteiger partial charge on any atom is -0.369 e. The Kier molecular flexibility index (Phi) is 3.57. The van der Waals surface area contributed by atoms with Gasteiger partial charge in [0.05, 0.1) is 37.1 Å². The van der Waals surface area contributed by atoms with E-state index in [9.17, 15) is 0 Å². The van der Waals surface area contributed by atoms with Gasteiger partial charge in [-0.2, -0.15) is 0 Å². The number of ether oxygens (including phenoxy) is 1. The first kappa shape index (κ1) is 12.3. The minimum atomic E-state index is 0.0843. The van der Waals surface area contributed by atoms with E-state index in [1.165, 1.54) is 0 Å². The number of hydrogen-bond acceptors (Lipinski definition) is 4. The molecule has 0 aliphatic carbocycles. The lowest BCUT2D eigenvalue weighted by molar-refractivity contribution is 0.0230. The summed E-state index contributed by atoms with van der Waals surface area (Å²) in [6.45, 7) is 5.25. The maximum Gasteiger partial charge on any atom is 0.111 e. The fourth-order valence-electron chi connectivity index (χ4n) is 2.35. The third-order valence-electron chi connectivity index (χ3n) is 3.28. The predicted octanol–water partition coefficient (Wildman–Crippen LogP) is 1.30. The van der Waals surface area contributed by atoms with Crippen LogP contribution in [0.4, 0.5) is 0 Å². The zero-order chi connectivity index (χ0) is 13.1. The average Bonchev–Trinajstić information content (AvgIpc) is 2.88. The van der Waals surface area contributed by atoms with Crippen molar-refractivity contribution >= 4 is 0 Å². The van der Waals surface area contributed by atoms with Gasteiger partial charge in [0.15, 0.2) is 0 Å². The SMILES string of the molecule is Cc1cccc(Cn2cncc2C2CNCCO2)n1. The lowest BCUT2D eigenvalue weighted by Gasteiger charge is -2.24. The minimum absolute atomic E-state index is 0.0843. The van der Waals surface area contributed by atoms with Crippen molar-refractivity contribution in [2.24, 2.45) is 0 Å². The van der Waals surface area contributed by atoms with Gasteiger partial charge in [-0.15, -0.1) is 0 Å². The van der Waals surface area contributed by atoms with E-state index in [1.807, 2.05) is 37.6 Å². The second-order valence-electron chi connectivity index (χ2n) is 4.78. The molecule has 0 radical (unpaired) electrons. The van der Waals surface area contributed by atoms with Crippen LogP contribution in [0.5, 0.6) is 0 Å². The van der Waals surface area contributed by atoms with E-state index >= 15 is 0 Å². The predicted molar refractivity (Wildman–Crippen MR) is 71.9 cm³/mol. The van der Waals surface area contributed by atoms with E-state index in [-0.39, 0.29) is 6.10 Å². The molecular formula is C14H18N4O. The molecule has 1 atom stereocenters. The van der Waals surface area contributed by atoms with Crippen molar-refractivity contribution in [2.75, 3.05) is 19.7 Å². The molecule has 5 heteroatoms. The highest BCUT2D eigenvalue weighted by atomic mass is 16.5. The lowest BCUT2D eigenvalue weighted by Crippen LogP contribution is -2.34. The summed E-state index contributed by atoms with van der Waals surface area (Å²) in [6.07, 6.45) is 3.81. The highest BCUT2D eigenvalue weighted by molar-refractivity contribution is 5.13. The van der Waals surface area contributed by atoms with E-state index in [2.05, 4.69) is 19.9 Å². The molecule has 100 valence electrons. The van der Waals surface area contributed by atoms with Crippen molar-refractivity contribution in [2.45, 2.75) is 19.6 Å². The molecule has 19 heavy (non-hydrogen) atoms. The smallest absolute Gasteiger partial charge is 0.111 e. The van der Waals surface area contributed by atoms with Gasteiger partial charge in [-0.3, -0.25) is 4.98 Å². The molecule has 1 N–H and O–H groups in total. The number of rotatable bonds is 3. The van der Waals surface area contributed by atoms with E-state index in [0.29, 0.717) is 0 Å². The molecule has 3 heterocycles.